The van der Waals surface area contributed by atoms with Gasteiger partial charge >= 0.3 is 0 Å². The number of carbonyl (C=O) groups is 1. The molecule has 2 aromatic heterocycles. The molecule has 1 atom stereocenters. The second kappa shape index (κ2) is 4.38. The summed E-state index contributed by atoms with van der Waals surface area (Å²) in [5.74, 6) is 0.935. The van der Waals surface area contributed by atoms with Gasteiger partial charge in [-0.25, -0.2) is 0 Å². The maximum atomic E-state index is 11.2. The highest BCUT2D eigenvalue weighted by Gasteiger charge is 2.29. The smallest absolute Gasteiger partial charge is 0.226 e. The number of hydrogen-bond acceptors (Lipinski definition) is 6. The number of aromatic nitrogens is 4. The van der Waals surface area contributed by atoms with E-state index in [0.29, 0.717) is 18.1 Å². The van der Waals surface area contributed by atoms with Crippen molar-refractivity contribution < 1.29 is 4.79 Å². The number of carbonyl (C=O) groups excluding carboxylic acids is 1. The molecule has 0 aliphatic carbocycles. The van der Waals surface area contributed by atoms with Crippen LogP contribution >= 0.6 is 0 Å². The van der Waals surface area contributed by atoms with E-state index in [1.165, 1.54) is 0 Å². The fourth-order valence-corrected chi connectivity index (χ4v) is 2.36. The zero-order valence-corrected chi connectivity index (χ0v) is 10.6. The summed E-state index contributed by atoms with van der Waals surface area (Å²) in [5.41, 5.74) is 6.04. The minimum absolute atomic E-state index is 0.116. The number of fused-ring (bicyclic) bond motifs is 1. The van der Waals surface area contributed by atoms with Crippen LogP contribution in [0.25, 0.3) is 11.0 Å². The van der Waals surface area contributed by atoms with Crippen molar-refractivity contribution in [3.63, 3.8) is 0 Å². The normalized spacial score (nSPS) is 19.0. The summed E-state index contributed by atoms with van der Waals surface area (Å²) in [4.78, 5) is 22.0. The number of H-pyrrole nitrogens is 1. The molecule has 0 radical (unpaired) electrons. The lowest BCUT2D eigenvalue weighted by Crippen LogP contribution is -2.28. The Morgan fingerprint density at radius 3 is 3.11 bits per heavy atom. The lowest BCUT2D eigenvalue weighted by atomic mass is 10.1. The van der Waals surface area contributed by atoms with Crippen LogP contribution in [0.5, 0.6) is 0 Å². The van der Waals surface area contributed by atoms with Crippen LogP contribution in [0, 0.1) is 5.92 Å². The molecule has 0 aromatic carbocycles. The maximum Gasteiger partial charge on any atom is 0.226 e. The van der Waals surface area contributed by atoms with Gasteiger partial charge in [0.15, 0.2) is 5.65 Å². The highest BCUT2D eigenvalue weighted by Crippen LogP contribution is 2.28. The quantitative estimate of drug-likeness (QED) is 0.699. The standard InChI is InChI=1S/C11H15N7O/c1-13-11-15-9-7(4-14-17-9)10(16-11)18-3-2-6(5-18)8(12)19/h4,6H,2-3,5H2,1H3,(H2,12,19)(H2,13,14,15,16,17). The third kappa shape index (κ3) is 1.94. The van der Waals surface area contributed by atoms with Gasteiger partial charge in [-0.15, -0.1) is 0 Å². The summed E-state index contributed by atoms with van der Waals surface area (Å²) in [7, 11) is 1.76. The molecular formula is C11H15N7O. The predicted octanol–water partition coefficient (Wildman–Crippen LogP) is -0.294. The lowest BCUT2D eigenvalue weighted by molar-refractivity contribution is -0.121. The summed E-state index contributed by atoms with van der Waals surface area (Å²) in [6, 6.07) is 0. The topological polar surface area (TPSA) is 113 Å². The van der Waals surface area contributed by atoms with Gasteiger partial charge in [0.05, 0.1) is 17.5 Å². The maximum absolute atomic E-state index is 11.2. The average Bonchev–Trinajstić information content (AvgIpc) is 3.06. The Labute approximate surface area is 109 Å². The van der Waals surface area contributed by atoms with Gasteiger partial charge in [0, 0.05) is 20.1 Å². The number of anilines is 2. The van der Waals surface area contributed by atoms with Crippen LogP contribution in [0.3, 0.4) is 0 Å². The van der Waals surface area contributed by atoms with E-state index in [1.807, 2.05) is 0 Å². The van der Waals surface area contributed by atoms with Crippen LogP contribution in [0.1, 0.15) is 6.42 Å². The van der Waals surface area contributed by atoms with Crippen molar-refractivity contribution in [3.8, 4) is 0 Å². The van der Waals surface area contributed by atoms with Crippen molar-refractivity contribution in [1.29, 1.82) is 0 Å². The van der Waals surface area contributed by atoms with Gasteiger partial charge in [-0.1, -0.05) is 0 Å². The molecule has 0 saturated carbocycles. The molecule has 3 heterocycles. The minimum atomic E-state index is -0.256. The molecule has 1 aliphatic rings. The summed E-state index contributed by atoms with van der Waals surface area (Å²) in [5, 5.41) is 10.6. The fourth-order valence-electron chi connectivity index (χ4n) is 2.36. The summed E-state index contributed by atoms with van der Waals surface area (Å²) < 4.78 is 0. The Hall–Kier alpha value is -2.38. The third-order valence-electron chi connectivity index (χ3n) is 3.40. The van der Waals surface area contributed by atoms with Gasteiger partial charge in [0.2, 0.25) is 11.9 Å². The largest absolute Gasteiger partial charge is 0.369 e. The zero-order valence-electron chi connectivity index (χ0n) is 10.6. The second-order valence-electron chi connectivity index (χ2n) is 4.59. The molecule has 8 nitrogen and oxygen atoms in total. The van der Waals surface area contributed by atoms with Crippen LogP contribution < -0.4 is 16.0 Å². The molecule has 1 fully saturated rings. The Bertz CT molecular complexity index is 623. The van der Waals surface area contributed by atoms with Gasteiger partial charge < -0.3 is 16.0 Å². The van der Waals surface area contributed by atoms with Gasteiger partial charge in [-0.05, 0) is 6.42 Å². The predicted molar refractivity (Wildman–Crippen MR) is 70.7 cm³/mol. The number of nitrogens with zero attached hydrogens (tertiary/aromatic N) is 4. The molecule has 3 rings (SSSR count). The fraction of sp³-hybridized carbons (Fsp3) is 0.455. The molecular weight excluding hydrogens is 246 g/mol. The molecule has 8 heteroatoms. The van der Waals surface area contributed by atoms with Crippen molar-refractivity contribution in [3.05, 3.63) is 6.20 Å². The van der Waals surface area contributed by atoms with Crippen molar-refractivity contribution in [2.75, 3.05) is 30.4 Å². The zero-order chi connectivity index (χ0) is 13.4. The third-order valence-corrected chi connectivity index (χ3v) is 3.40. The van der Waals surface area contributed by atoms with Crippen LogP contribution in [0.2, 0.25) is 0 Å². The van der Waals surface area contributed by atoms with Crippen molar-refractivity contribution in [2.45, 2.75) is 6.42 Å². The number of amides is 1. The first-order valence-corrected chi connectivity index (χ1v) is 6.12. The number of nitrogens with one attached hydrogen (secondary N) is 2. The van der Waals surface area contributed by atoms with Crippen LogP contribution in [-0.2, 0) is 4.79 Å². The number of rotatable bonds is 3. The number of nitrogens with two attached hydrogens (primary N) is 1. The Kier molecular flexibility index (Phi) is 2.69. The van der Waals surface area contributed by atoms with E-state index in [1.54, 1.807) is 13.2 Å². The van der Waals surface area contributed by atoms with Crippen LogP contribution in [-0.4, -0.2) is 46.2 Å². The Morgan fingerprint density at radius 1 is 1.58 bits per heavy atom. The van der Waals surface area contributed by atoms with E-state index in [4.69, 9.17) is 5.73 Å². The molecule has 19 heavy (non-hydrogen) atoms. The summed E-state index contributed by atoms with van der Waals surface area (Å²) in [6.45, 7) is 1.35. The summed E-state index contributed by atoms with van der Waals surface area (Å²) in [6.07, 6.45) is 2.45. The summed E-state index contributed by atoms with van der Waals surface area (Å²) >= 11 is 0. The van der Waals surface area contributed by atoms with Gasteiger partial charge in [0.1, 0.15) is 5.82 Å². The van der Waals surface area contributed by atoms with Crippen molar-refractivity contribution in [1.82, 2.24) is 20.2 Å². The first-order chi connectivity index (χ1) is 9.19. The SMILES string of the molecule is CNc1nc(N2CCC(C(N)=O)C2)c2cn[nH]c2n1. The van der Waals surface area contributed by atoms with E-state index in [-0.39, 0.29) is 11.8 Å². The molecule has 4 N–H and O–H groups in total. The monoisotopic (exact) mass is 261 g/mol. The minimum Gasteiger partial charge on any atom is -0.369 e. The molecule has 100 valence electrons. The van der Waals surface area contributed by atoms with Crippen molar-refractivity contribution >= 4 is 28.7 Å². The first kappa shape index (κ1) is 11.7. The highest BCUT2D eigenvalue weighted by molar-refractivity contribution is 5.88. The second-order valence-corrected chi connectivity index (χ2v) is 4.59. The van der Waals surface area contributed by atoms with E-state index in [0.717, 1.165) is 24.2 Å². The number of aromatic amines is 1. The average molecular weight is 261 g/mol. The van der Waals surface area contributed by atoms with Crippen LogP contribution in [0.4, 0.5) is 11.8 Å². The molecule has 1 aliphatic heterocycles. The lowest BCUT2D eigenvalue weighted by Gasteiger charge is -2.18. The number of primary amides is 1. The molecule has 1 amide bonds. The van der Waals surface area contributed by atoms with E-state index >= 15 is 0 Å². The first-order valence-electron chi connectivity index (χ1n) is 6.12. The molecule has 0 spiro atoms. The highest BCUT2D eigenvalue weighted by atomic mass is 16.1. The van der Waals surface area contributed by atoms with E-state index in [2.05, 4.69) is 30.4 Å². The van der Waals surface area contributed by atoms with Gasteiger partial charge in [-0.3, -0.25) is 9.89 Å². The van der Waals surface area contributed by atoms with Gasteiger partial charge in [-0.2, -0.15) is 15.1 Å². The Balaban J connectivity index is 2.00. The van der Waals surface area contributed by atoms with Crippen molar-refractivity contribution in [2.24, 2.45) is 11.7 Å². The molecule has 0 bridgehead atoms. The van der Waals surface area contributed by atoms with E-state index in [9.17, 15) is 4.79 Å². The molecule has 1 unspecified atom stereocenters. The van der Waals surface area contributed by atoms with Gasteiger partial charge in [0.25, 0.3) is 0 Å². The Morgan fingerprint density at radius 2 is 2.42 bits per heavy atom. The number of hydrogen-bond donors (Lipinski definition) is 3. The molecule has 2 aromatic rings. The van der Waals surface area contributed by atoms with Crippen LogP contribution in [0.15, 0.2) is 6.20 Å². The molecule has 1 saturated heterocycles. The van der Waals surface area contributed by atoms with E-state index < -0.39 is 0 Å².